The molecule has 1 nitrogen and oxygen atoms in total. The summed E-state index contributed by atoms with van der Waals surface area (Å²) in [7, 11) is 0. The number of benzene rings is 2. The van der Waals surface area contributed by atoms with Crippen LogP contribution in [0.3, 0.4) is 0 Å². The first-order valence-corrected chi connectivity index (χ1v) is 6.44. The highest BCUT2D eigenvalue weighted by Gasteiger charge is 2.27. The number of aromatic hydroxyl groups is 1. The summed E-state index contributed by atoms with van der Waals surface area (Å²) >= 11 is 0. The van der Waals surface area contributed by atoms with E-state index in [1.165, 1.54) is 11.1 Å². The molecule has 18 heavy (non-hydrogen) atoms. The van der Waals surface area contributed by atoms with Crippen LogP contribution in [0.1, 0.15) is 37.5 Å². The lowest BCUT2D eigenvalue weighted by atomic mass is 9.75. The number of hydrogen-bond donors (Lipinski definition) is 1. The summed E-state index contributed by atoms with van der Waals surface area (Å²) in [5, 5.41) is 10.1. The molecule has 2 rings (SSSR count). The zero-order valence-corrected chi connectivity index (χ0v) is 11.3. The van der Waals surface area contributed by atoms with E-state index < -0.39 is 0 Å². The summed E-state index contributed by atoms with van der Waals surface area (Å²) in [4.78, 5) is 0. The topological polar surface area (TPSA) is 20.2 Å². The Morgan fingerprint density at radius 2 is 1.44 bits per heavy atom. The Balaban J connectivity index is 2.58. The largest absolute Gasteiger partial charge is 0.508 e. The molecule has 2 aromatic carbocycles. The third-order valence-corrected chi connectivity index (χ3v) is 3.65. The SMILES string of the molecule is CCc1ccccc1C(C)(C)c1ccccc1O. The van der Waals surface area contributed by atoms with Crippen molar-refractivity contribution in [2.24, 2.45) is 0 Å². The maximum atomic E-state index is 10.1. The molecule has 0 aliphatic rings. The molecule has 1 heteroatoms. The summed E-state index contributed by atoms with van der Waals surface area (Å²) in [5.74, 6) is 0.369. The zero-order valence-electron chi connectivity index (χ0n) is 11.3. The Labute approximate surface area is 109 Å². The summed E-state index contributed by atoms with van der Waals surface area (Å²) in [5.41, 5.74) is 3.42. The van der Waals surface area contributed by atoms with Gasteiger partial charge in [-0.15, -0.1) is 0 Å². The Kier molecular flexibility index (Phi) is 3.42. The van der Waals surface area contributed by atoms with Gasteiger partial charge in [0, 0.05) is 11.0 Å². The van der Waals surface area contributed by atoms with Gasteiger partial charge in [0.25, 0.3) is 0 Å². The molecular formula is C17H20O. The smallest absolute Gasteiger partial charge is 0.119 e. The van der Waals surface area contributed by atoms with E-state index >= 15 is 0 Å². The normalized spacial score (nSPS) is 11.5. The van der Waals surface area contributed by atoms with Crippen LogP contribution in [0.15, 0.2) is 48.5 Å². The Morgan fingerprint density at radius 1 is 0.889 bits per heavy atom. The van der Waals surface area contributed by atoms with E-state index in [9.17, 15) is 5.11 Å². The highest BCUT2D eigenvalue weighted by Crippen LogP contribution is 2.38. The lowest BCUT2D eigenvalue weighted by Gasteiger charge is -2.29. The molecule has 0 aliphatic heterocycles. The Morgan fingerprint density at radius 3 is 2.06 bits per heavy atom. The van der Waals surface area contributed by atoms with Crippen LogP contribution in [0.25, 0.3) is 0 Å². The van der Waals surface area contributed by atoms with Gasteiger partial charge in [-0.2, -0.15) is 0 Å². The third kappa shape index (κ3) is 2.13. The van der Waals surface area contributed by atoms with Gasteiger partial charge in [0.1, 0.15) is 5.75 Å². The van der Waals surface area contributed by atoms with E-state index in [1.807, 2.05) is 18.2 Å². The van der Waals surface area contributed by atoms with E-state index in [2.05, 4.69) is 45.0 Å². The van der Waals surface area contributed by atoms with Gasteiger partial charge in [-0.25, -0.2) is 0 Å². The van der Waals surface area contributed by atoms with Crippen LogP contribution in [-0.4, -0.2) is 5.11 Å². The molecule has 2 aromatic rings. The van der Waals surface area contributed by atoms with Crippen LogP contribution < -0.4 is 0 Å². The van der Waals surface area contributed by atoms with Crippen molar-refractivity contribution >= 4 is 0 Å². The van der Waals surface area contributed by atoms with Gasteiger partial charge >= 0.3 is 0 Å². The fraction of sp³-hybridized carbons (Fsp3) is 0.294. The summed E-state index contributed by atoms with van der Waals surface area (Å²) in [6, 6.07) is 16.1. The van der Waals surface area contributed by atoms with E-state index in [0.29, 0.717) is 5.75 Å². The molecule has 0 radical (unpaired) electrons. The molecule has 0 atom stereocenters. The molecule has 0 amide bonds. The molecule has 94 valence electrons. The van der Waals surface area contributed by atoms with Gasteiger partial charge in [0.05, 0.1) is 0 Å². The van der Waals surface area contributed by atoms with Gasteiger partial charge in [-0.05, 0) is 23.6 Å². The fourth-order valence-electron chi connectivity index (χ4n) is 2.59. The average molecular weight is 240 g/mol. The van der Waals surface area contributed by atoms with Crippen molar-refractivity contribution in [3.8, 4) is 5.75 Å². The number of aryl methyl sites for hydroxylation is 1. The second-order valence-corrected chi connectivity index (χ2v) is 5.15. The van der Waals surface area contributed by atoms with Crippen LogP contribution in [0, 0.1) is 0 Å². The Hall–Kier alpha value is -1.76. The van der Waals surface area contributed by atoms with Gasteiger partial charge < -0.3 is 5.11 Å². The summed E-state index contributed by atoms with van der Waals surface area (Å²) in [6.45, 7) is 6.49. The molecule has 0 unspecified atom stereocenters. The second-order valence-electron chi connectivity index (χ2n) is 5.15. The van der Waals surface area contributed by atoms with E-state index in [0.717, 1.165) is 12.0 Å². The molecular weight excluding hydrogens is 220 g/mol. The monoisotopic (exact) mass is 240 g/mol. The van der Waals surface area contributed by atoms with Gasteiger partial charge in [0.15, 0.2) is 0 Å². The van der Waals surface area contributed by atoms with E-state index in [4.69, 9.17) is 0 Å². The standard InChI is InChI=1S/C17H20O/c1-4-13-9-5-6-10-14(13)17(2,3)15-11-7-8-12-16(15)18/h5-12,18H,4H2,1-3H3. The minimum absolute atomic E-state index is 0.183. The maximum absolute atomic E-state index is 10.1. The average Bonchev–Trinajstić information content (AvgIpc) is 2.39. The van der Waals surface area contributed by atoms with Crippen molar-refractivity contribution < 1.29 is 5.11 Å². The zero-order chi connectivity index (χ0) is 13.2. The third-order valence-electron chi connectivity index (χ3n) is 3.65. The van der Waals surface area contributed by atoms with Crippen LogP contribution in [-0.2, 0) is 11.8 Å². The molecule has 0 aromatic heterocycles. The van der Waals surface area contributed by atoms with E-state index in [-0.39, 0.29) is 5.41 Å². The molecule has 1 N–H and O–H groups in total. The quantitative estimate of drug-likeness (QED) is 0.849. The van der Waals surface area contributed by atoms with Crippen molar-refractivity contribution in [3.63, 3.8) is 0 Å². The molecule has 0 spiro atoms. The van der Waals surface area contributed by atoms with Crippen molar-refractivity contribution in [1.82, 2.24) is 0 Å². The molecule has 0 fully saturated rings. The van der Waals surface area contributed by atoms with Gasteiger partial charge in [-0.3, -0.25) is 0 Å². The minimum atomic E-state index is -0.183. The van der Waals surface area contributed by atoms with Crippen LogP contribution in [0.2, 0.25) is 0 Å². The fourth-order valence-corrected chi connectivity index (χ4v) is 2.59. The summed E-state index contributed by atoms with van der Waals surface area (Å²) < 4.78 is 0. The lowest BCUT2D eigenvalue weighted by molar-refractivity contribution is 0.452. The maximum Gasteiger partial charge on any atom is 0.119 e. The first kappa shape index (κ1) is 12.7. The lowest BCUT2D eigenvalue weighted by Crippen LogP contribution is -2.21. The van der Waals surface area contributed by atoms with Crippen molar-refractivity contribution in [2.75, 3.05) is 0 Å². The first-order chi connectivity index (χ1) is 8.57. The number of rotatable bonds is 3. The molecule has 0 bridgehead atoms. The second kappa shape index (κ2) is 4.85. The highest BCUT2D eigenvalue weighted by atomic mass is 16.3. The molecule has 0 aliphatic carbocycles. The minimum Gasteiger partial charge on any atom is -0.508 e. The predicted octanol–water partition coefficient (Wildman–Crippen LogP) is 4.28. The number of para-hydroxylation sites is 1. The molecule has 0 saturated carbocycles. The van der Waals surface area contributed by atoms with Crippen LogP contribution >= 0.6 is 0 Å². The number of hydrogen-bond acceptors (Lipinski definition) is 1. The molecule has 0 heterocycles. The van der Waals surface area contributed by atoms with Crippen molar-refractivity contribution in [1.29, 1.82) is 0 Å². The summed E-state index contributed by atoms with van der Waals surface area (Å²) in [6.07, 6.45) is 1.01. The van der Waals surface area contributed by atoms with Crippen molar-refractivity contribution in [3.05, 3.63) is 65.2 Å². The molecule has 0 saturated heterocycles. The first-order valence-electron chi connectivity index (χ1n) is 6.44. The van der Waals surface area contributed by atoms with Crippen LogP contribution in [0.5, 0.6) is 5.75 Å². The predicted molar refractivity (Wildman–Crippen MR) is 76.1 cm³/mol. The number of phenols is 1. The number of phenolic OH excluding ortho intramolecular Hbond substituents is 1. The van der Waals surface area contributed by atoms with Gasteiger partial charge in [-0.1, -0.05) is 63.2 Å². The van der Waals surface area contributed by atoms with E-state index in [1.54, 1.807) is 6.07 Å². The Bertz CT molecular complexity index is 541. The van der Waals surface area contributed by atoms with Crippen molar-refractivity contribution in [2.45, 2.75) is 32.6 Å². The van der Waals surface area contributed by atoms with Gasteiger partial charge in [0.2, 0.25) is 0 Å². The highest BCUT2D eigenvalue weighted by molar-refractivity contribution is 5.47. The van der Waals surface area contributed by atoms with Crippen LogP contribution in [0.4, 0.5) is 0 Å².